The Balaban J connectivity index is 1.43. The number of aromatic nitrogens is 1. The summed E-state index contributed by atoms with van der Waals surface area (Å²) in [6, 6.07) is 4.14. The zero-order valence-corrected chi connectivity index (χ0v) is 17.0. The molecule has 2 aromatic rings. The van der Waals surface area contributed by atoms with Crippen molar-refractivity contribution in [2.24, 2.45) is 5.92 Å². The number of benzene rings is 1. The number of piperidine rings is 1. The Bertz CT molecular complexity index is 958. The topological polar surface area (TPSA) is 95.7 Å². The molecule has 1 amide bonds. The van der Waals surface area contributed by atoms with E-state index in [2.05, 4.69) is 15.4 Å². The van der Waals surface area contributed by atoms with Crippen LogP contribution >= 0.6 is 0 Å². The van der Waals surface area contributed by atoms with Gasteiger partial charge in [0.2, 0.25) is 0 Å². The molecule has 1 unspecified atom stereocenters. The van der Waals surface area contributed by atoms with Crippen LogP contribution in [0.5, 0.6) is 0 Å². The zero-order valence-electron chi connectivity index (χ0n) is 17.0. The van der Waals surface area contributed by atoms with Gasteiger partial charge in [-0.3, -0.25) is 14.5 Å². The molecule has 4 rings (SSSR count). The third-order valence-electron chi connectivity index (χ3n) is 6.31. The van der Waals surface area contributed by atoms with Crippen molar-refractivity contribution in [2.75, 3.05) is 13.1 Å². The van der Waals surface area contributed by atoms with Crippen LogP contribution in [0.25, 0.3) is 11.3 Å². The van der Waals surface area contributed by atoms with E-state index in [0.717, 1.165) is 31.5 Å². The first-order valence-electron chi connectivity index (χ1n) is 10.6. The van der Waals surface area contributed by atoms with E-state index in [-0.39, 0.29) is 17.0 Å². The van der Waals surface area contributed by atoms with Crippen LogP contribution in [0.3, 0.4) is 0 Å². The van der Waals surface area contributed by atoms with Gasteiger partial charge in [-0.05, 0) is 31.4 Å². The summed E-state index contributed by atoms with van der Waals surface area (Å²) >= 11 is 0. The Morgan fingerprint density at radius 1 is 1.13 bits per heavy atom. The molecule has 7 nitrogen and oxygen atoms in total. The number of hydrogen-bond donors (Lipinski definition) is 2. The van der Waals surface area contributed by atoms with Gasteiger partial charge in [0.15, 0.2) is 11.5 Å². The van der Waals surface area contributed by atoms with Crippen molar-refractivity contribution in [1.82, 2.24) is 15.4 Å². The maximum absolute atomic E-state index is 14.0. The second-order valence-electron chi connectivity index (χ2n) is 8.30. The molecule has 2 N–H and O–H groups in total. The fourth-order valence-electron chi connectivity index (χ4n) is 4.62. The molecule has 1 aliphatic carbocycles. The van der Waals surface area contributed by atoms with Crippen molar-refractivity contribution in [3.8, 4) is 11.3 Å². The largest absolute Gasteiger partial charge is 0.481 e. The van der Waals surface area contributed by atoms with Crippen molar-refractivity contribution < 1.29 is 28.0 Å². The number of rotatable bonds is 5. The van der Waals surface area contributed by atoms with Crippen molar-refractivity contribution in [2.45, 2.75) is 50.6 Å². The van der Waals surface area contributed by atoms with Crippen molar-refractivity contribution in [3.05, 3.63) is 41.6 Å². The molecule has 166 valence electrons. The summed E-state index contributed by atoms with van der Waals surface area (Å²) in [5.41, 5.74) is -0.102. The summed E-state index contributed by atoms with van der Waals surface area (Å²) in [4.78, 5) is 26.8. The minimum atomic E-state index is -0.944. The predicted molar refractivity (Wildman–Crippen MR) is 107 cm³/mol. The Labute approximate surface area is 178 Å². The average Bonchev–Trinajstić information content (AvgIpc) is 3.24. The van der Waals surface area contributed by atoms with Gasteiger partial charge in [0.05, 0.1) is 11.5 Å². The molecule has 1 saturated heterocycles. The molecule has 9 heteroatoms. The molecule has 0 spiro atoms. The number of carbonyl (C=O) groups excluding carboxylic acids is 1. The van der Waals surface area contributed by atoms with E-state index in [1.807, 2.05) is 0 Å². The van der Waals surface area contributed by atoms with Crippen LogP contribution in [-0.2, 0) is 4.79 Å². The number of amides is 1. The van der Waals surface area contributed by atoms with E-state index < -0.39 is 35.5 Å². The van der Waals surface area contributed by atoms with E-state index >= 15 is 0 Å². The second-order valence-corrected chi connectivity index (χ2v) is 8.30. The fraction of sp³-hybridized carbons (Fsp3) is 0.500. The van der Waals surface area contributed by atoms with Crippen molar-refractivity contribution in [3.63, 3.8) is 0 Å². The number of halogens is 2. The van der Waals surface area contributed by atoms with Gasteiger partial charge in [-0.1, -0.05) is 24.4 Å². The standard InChI is InChI=1S/C22H25F2N3O4/c23-13-6-7-15(17(24)10-13)20-11-19(26-31-20)21(28)25-18-8-9-27(12-16(18)22(29)30)14-4-2-1-3-5-14/h6-7,10-11,14,16,18H,1-5,8-9,12H2,(H,25,28)(H,29,30)/t16?,18-/m1/s1. The van der Waals surface area contributed by atoms with Gasteiger partial charge in [0, 0.05) is 37.3 Å². The molecule has 0 bridgehead atoms. The van der Waals surface area contributed by atoms with Gasteiger partial charge in [-0.2, -0.15) is 0 Å². The van der Waals surface area contributed by atoms with Crippen LogP contribution in [-0.4, -0.2) is 52.2 Å². The highest BCUT2D eigenvalue weighted by Gasteiger charge is 2.38. The van der Waals surface area contributed by atoms with Crippen LogP contribution in [0.2, 0.25) is 0 Å². The molecule has 2 aliphatic rings. The lowest BCUT2D eigenvalue weighted by Gasteiger charge is -2.42. The first kappa shape index (κ1) is 21.4. The number of aliphatic carboxylic acids is 1. The first-order valence-corrected chi connectivity index (χ1v) is 10.6. The van der Waals surface area contributed by atoms with E-state index in [1.165, 1.54) is 31.4 Å². The highest BCUT2D eigenvalue weighted by Crippen LogP contribution is 2.28. The lowest BCUT2D eigenvalue weighted by atomic mass is 9.87. The van der Waals surface area contributed by atoms with Gasteiger partial charge < -0.3 is 14.9 Å². The summed E-state index contributed by atoms with van der Waals surface area (Å²) in [7, 11) is 0. The quantitative estimate of drug-likeness (QED) is 0.750. The van der Waals surface area contributed by atoms with Gasteiger partial charge >= 0.3 is 5.97 Å². The molecule has 31 heavy (non-hydrogen) atoms. The highest BCUT2D eigenvalue weighted by atomic mass is 19.1. The van der Waals surface area contributed by atoms with Crippen molar-refractivity contribution in [1.29, 1.82) is 0 Å². The third kappa shape index (κ3) is 4.76. The van der Waals surface area contributed by atoms with Crippen LogP contribution in [0.4, 0.5) is 8.78 Å². The lowest BCUT2D eigenvalue weighted by Crippen LogP contribution is -2.56. The van der Waals surface area contributed by atoms with Gasteiger partial charge in [0.1, 0.15) is 11.6 Å². The lowest BCUT2D eigenvalue weighted by molar-refractivity contribution is -0.145. The van der Waals surface area contributed by atoms with Crippen LogP contribution in [0.15, 0.2) is 28.8 Å². The van der Waals surface area contributed by atoms with Crippen LogP contribution < -0.4 is 5.32 Å². The van der Waals surface area contributed by atoms with E-state index in [0.29, 0.717) is 19.0 Å². The molecule has 1 aromatic heterocycles. The fourth-order valence-corrected chi connectivity index (χ4v) is 4.62. The van der Waals surface area contributed by atoms with E-state index in [9.17, 15) is 23.5 Å². The van der Waals surface area contributed by atoms with Gasteiger partial charge in [-0.15, -0.1) is 0 Å². The highest BCUT2D eigenvalue weighted by molar-refractivity contribution is 5.93. The normalized spacial score (nSPS) is 22.9. The van der Waals surface area contributed by atoms with Gasteiger partial charge in [-0.25, -0.2) is 8.78 Å². The Kier molecular flexibility index (Phi) is 6.31. The number of carbonyl (C=O) groups is 2. The first-order chi connectivity index (χ1) is 14.9. The molecule has 1 aromatic carbocycles. The zero-order chi connectivity index (χ0) is 22.0. The summed E-state index contributed by atoms with van der Waals surface area (Å²) in [6.45, 7) is 1.13. The summed E-state index contributed by atoms with van der Waals surface area (Å²) in [5, 5.41) is 16.2. The molecular weight excluding hydrogens is 408 g/mol. The predicted octanol–water partition coefficient (Wildman–Crippen LogP) is 3.46. The monoisotopic (exact) mass is 433 g/mol. The summed E-state index contributed by atoms with van der Waals surface area (Å²) < 4.78 is 32.1. The van der Waals surface area contributed by atoms with E-state index in [4.69, 9.17) is 4.52 Å². The molecule has 1 saturated carbocycles. The second kappa shape index (κ2) is 9.13. The number of carboxylic acid groups (broad SMARTS) is 1. The smallest absolute Gasteiger partial charge is 0.309 e. The third-order valence-corrected chi connectivity index (χ3v) is 6.31. The Hall–Kier alpha value is -2.81. The molecule has 2 fully saturated rings. The number of likely N-dealkylation sites (tertiary alicyclic amines) is 1. The summed E-state index contributed by atoms with van der Waals surface area (Å²) in [6.07, 6.45) is 6.27. The number of nitrogens with one attached hydrogen (secondary N) is 1. The molecular formula is C22H25F2N3O4. The number of carboxylic acids is 1. The minimum Gasteiger partial charge on any atom is -0.481 e. The average molecular weight is 433 g/mol. The molecule has 2 atom stereocenters. The number of nitrogens with zero attached hydrogens (tertiary/aromatic N) is 2. The van der Waals surface area contributed by atoms with Crippen LogP contribution in [0, 0.1) is 17.6 Å². The Morgan fingerprint density at radius 2 is 1.90 bits per heavy atom. The molecule has 2 heterocycles. The maximum atomic E-state index is 14.0. The molecule has 1 aliphatic heterocycles. The van der Waals surface area contributed by atoms with Crippen LogP contribution in [0.1, 0.15) is 49.0 Å². The Morgan fingerprint density at radius 3 is 2.61 bits per heavy atom. The number of hydrogen-bond acceptors (Lipinski definition) is 5. The SMILES string of the molecule is O=C(N[C@@H]1CCN(C2CCCCC2)CC1C(=O)O)c1cc(-c2ccc(F)cc2F)on1. The summed E-state index contributed by atoms with van der Waals surface area (Å²) in [5.74, 6) is -3.81. The van der Waals surface area contributed by atoms with Crippen molar-refractivity contribution >= 4 is 11.9 Å². The van der Waals surface area contributed by atoms with E-state index in [1.54, 1.807) is 0 Å². The maximum Gasteiger partial charge on any atom is 0.309 e. The molecule has 0 radical (unpaired) electrons. The minimum absolute atomic E-state index is 0.00967. The van der Waals surface area contributed by atoms with Gasteiger partial charge in [0.25, 0.3) is 5.91 Å².